The maximum absolute atomic E-state index is 13.3. The molecule has 10 heteroatoms. The van der Waals surface area contributed by atoms with Gasteiger partial charge in [0, 0.05) is 37.2 Å². The molecular formula is C21H25ClN2O5S2. The van der Waals surface area contributed by atoms with E-state index in [1.165, 1.54) is 24.3 Å². The van der Waals surface area contributed by atoms with E-state index in [9.17, 15) is 16.8 Å². The van der Waals surface area contributed by atoms with Crippen molar-refractivity contribution in [2.24, 2.45) is 0 Å². The van der Waals surface area contributed by atoms with Crippen LogP contribution in [0.15, 0.2) is 53.4 Å². The van der Waals surface area contributed by atoms with Crippen molar-refractivity contribution in [3.63, 3.8) is 0 Å². The predicted molar refractivity (Wildman–Crippen MR) is 122 cm³/mol. The first-order valence-electron chi connectivity index (χ1n) is 10.0. The number of para-hydroxylation sites is 2. The van der Waals surface area contributed by atoms with Gasteiger partial charge in [0.15, 0.2) is 19.7 Å². The molecule has 2 atom stereocenters. The SMILES string of the molecule is COc1ccccc1N1CCN([C@@H]2CS(=O)(=O)C[C@H]2S(=O)(=O)c2ccc(Cl)cc2)CC1. The second-order valence-electron chi connectivity index (χ2n) is 7.88. The van der Waals surface area contributed by atoms with Crippen LogP contribution in [0.4, 0.5) is 5.69 Å². The topological polar surface area (TPSA) is 84.0 Å². The molecule has 0 spiro atoms. The molecule has 0 saturated carbocycles. The molecule has 0 bridgehead atoms. The van der Waals surface area contributed by atoms with Gasteiger partial charge in [0.1, 0.15) is 5.75 Å². The predicted octanol–water partition coefficient (Wildman–Crippen LogP) is 2.11. The Balaban J connectivity index is 1.55. The molecule has 2 aromatic rings. The van der Waals surface area contributed by atoms with Crippen LogP contribution in [0.25, 0.3) is 0 Å². The summed E-state index contributed by atoms with van der Waals surface area (Å²) in [6, 6.07) is 13.1. The highest BCUT2D eigenvalue weighted by Crippen LogP contribution is 2.32. The average molecular weight is 485 g/mol. The molecule has 2 saturated heterocycles. The van der Waals surface area contributed by atoms with Gasteiger partial charge >= 0.3 is 0 Å². The minimum absolute atomic E-state index is 0.108. The van der Waals surface area contributed by atoms with Crippen molar-refractivity contribution in [2.45, 2.75) is 16.2 Å². The Bertz CT molecular complexity index is 1140. The van der Waals surface area contributed by atoms with Gasteiger partial charge in [-0.1, -0.05) is 23.7 Å². The highest BCUT2D eigenvalue weighted by Gasteiger charge is 2.48. The third kappa shape index (κ3) is 4.55. The highest BCUT2D eigenvalue weighted by molar-refractivity contribution is 7.96. The Labute approximate surface area is 188 Å². The zero-order valence-electron chi connectivity index (χ0n) is 17.1. The Morgan fingerprint density at radius 1 is 0.968 bits per heavy atom. The number of benzene rings is 2. The molecule has 0 N–H and O–H groups in total. The molecule has 2 fully saturated rings. The number of rotatable bonds is 5. The molecule has 0 aliphatic carbocycles. The molecule has 0 radical (unpaired) electrons. The quantitative estimate of drug-likeness (QED) is 0.642. The van der Waals surface area contributed by atoms with E-state index < -0.39 is 31.0 Å². The summed E-state index contributed by atoms with van der Waals surface area (Å²) in [5.41, 5.74) is 0.981. The minimum atomic E-state index is -3.81. The molecule has 0 amide bonds. The molecule has 0 unspecified atom stereocenters. The zero-order valence-corrected chi connectivity index (χ0v) is 19.5. The first-order chi connectivity index (χ1) is 14.7. The minimum Gasteiger partial charge on any atom is -0.495 e. The number of piperazine rings is 1. The fraction of sp³-hybridized carbons (Fsp3) is 0.429. The highest BCUT2D eigenvalue weighted by atomic mass is 35.5. The lowest BCUT2D eigenvalue weighted by Crippen LogP contribution is -2.55. The number of halogens is 1. The molecule has 168 valence electrons. The van der Waals surface area contributed by atoms with Gasteiger partial charge in [-0.3, -0.25) is 4.90 Å². The Morgan fingerprint density at radius 2 is 1.61 bits per heavy atom. The van der Waals surface area contributed by atoms with Gasteiger partial charge in [-0.2, -0.15) is 0 Å². The van der Waals surface area contributed by atoms with Gasteiger partial charge < -0.3 is 9.64 Å². The molecule has 2 aromatic carbocycles. The smallest absolute Gasteiger partial charge is 0.183 e. The Morgan fingerprint density at radius 3 is 2.26 bits per heavy atom. The molecule has 2 aliphatic heterocycles. The Kier molecular flexibility index (Phi) is 6.22. The number of hydrogen-bond donors (Lipinski definition) is 0. The molecule has 2 heterocycles. The summed E-state index contributed by atoms with van der Waals surface area (Å²) in [5, 5.41) is -0.557. The summed E-state index contributed by atoms with van der Waals surface area (Å²) in [6.45, 7) is 2.46. The fourth-order valence-corrected chi connectivity index (χ4v) is 9.37. The van der Waals surface area contributed by atoms with Gasteiger partial charge in [-0.15, -0.1) is 0 Å². The monoisotopic (exact) mass is 484 g/mol. The van der Waals surface area contributed by atoms with Crippen molar-refractivity contribution >= 4 is 37.0 Å². The standard InChI is InChI=1S/C21H25ClN2O5S2/c1-29-20-5-3-2-4-18(20)23-10-12-24(13-11-23)19-14-30(25,26)15-21(19)31(27,28)17-8-6-16(22)7-9-17/h2-9,19,21H,10-15H2,1H3/t19-,21-/m1/s1. The van der Waals surface area contributed by atoms with E-state index in [4.69, 9.17) is 16.3 Å². The third-order valence-corrected chi connectivity index (χ3v) is 10.4. The van der Waals surface area contributed by atoms with Crippen LogP contribution in [0.5, 0.6) is 5.75 Å². The van der Waals surface area contributed by atoms with Gasteiger partial charge in [-0.25, -0.2) is 16.8 Å². The van der Waals surface area contributed by atoms with Gasteiger partial charge in [-0.05, 0) is 36.4 Å². The van der Waals surface area contributed by atoms with Crippen molar-refractivity contribution in [3.05, 3.63) is 53.6 Å². The van der Waals surface area contributed by atoms with Gasteiger partial charge in [0.25, 0.3) is 0 Å². The molecular weight excluding hydrogens is 460 g/mol. The van der Waals surface area contributed by atoms with Crippen LogP contribution in [-0.4, -0.2) is 77.8 Å². The number of ether oxygens (including phenoxy) is 1. The molecule has 31 heavy (non-hydrogen) atoms. The summed E-state index contributed by atoms with van der Waals surface area (Å²) in [7, 11) is -5.63. The fourth-order valence-electron chi connectivity index (χ4n) is 4.42. The van der Waals surface area contributed by atoms with E-state index in [2.05, 4.69) is 4.90 Å². The average Bonchev–Trinajstić information content (AvgIpc) is 3.10. The summed E-state index contributed by atoms with van der Waals surface area (Å²) in [6.07, 6.45) is 0. The van der Waals surface area contributed by atoms with E-state index >= 15 is 0 Å². The van der Waals surface area contributed by atoms with Crippen LogP contribution in [0.1, 0.15) is 0 Å². The summed E-state index contributed by atoms with van der Waals surface area (Å²) in [5.74, 6) is 0.289. The maximum Gasteiger partial charge on any atom is 0.183 e. The number of hydrogen-bond acceptors (Lipinski definition) is 7. The number of anilines is 1. The molecule has 7 nitrogen and oxygen atoms in total. The number of methoxy groups -OCH3 is 1. The molecule has 4 rings (SSSR count). The first-order valence-corrected chi connectivity index (χ1v) is 13.8. The van der Waals surface area contributed by atoms with Crippen LogP contribution >= 0.6 is 11.6 Å². The normalized spacial score (nSPS) is 24.3. The lowest BCUT2D eigenvalue weighted by Gasteiger charge is -2.40. The lowest BCUT2D eigenvalue weighted by molar-refractivity contribution is 0.201. The van der Waals surface area contributed by atoms with Crippen molar-refractivity contribution in [3.8, 4) is 5.75 Å². The van der Waals surface area contributed by atoms with Crippen molar-refractivity contribution in [1.82, 2.24) is 4.90 Å². The van der Waals surface area contributed by atoms with E-state index in [0.717, 1.165) is 11.4 Å². The largest absolute Gasteiger partial charge is 0.495 e. The molecule has 2 aliphatic rings. The zero-order chi connectivity index (χ0) is 22.2. The Hall–Kier alpha value is -1.81. The summed E-state index contributed by atoms with van der Waals surface area (Å²) in [4.78, 5) is 4.30. The van der Waals surface area contributed by atoms with Crippen LogP contribution in [0, 0.1) is 0 Å². The van der Waals surface area contributed by atoms with E-state index in [-0.39, 0.29) is 16.4 Å². The summed E-state index contributed by atoms with van der Waals surface area (Å²) >= 11 is 5.89. The van der Waals surface area contributed by atoms with Crippen molar-refractivity contribution in [2.75, 3.05) is 49.7 Å². The van der Waals surface area contributed by atoms with E-state index in [0.29, 0.717) is 31.2 Å². The molecule has 0 aromatic heterocycles. The van der Waals surface area contributed by atoms with Crippen molar-refractivity contribution < 1.29 is 21.6 Å². The number of nitrogens with zero attached hydrogens (tertiary/aromatic N) is 2. The van der Waals surface area contributed by atoms with Crippen LogP contribution < -0.4 is 9.64 Å². The van der Waals surface area contributed by atoms with Gasteiger partial charge in [0.05, 0.1) is 34.4 Å². The van der Waals surface area contributed by atoms with E-state index in [1.54, 1.807) is 7.11 Å². The van der Waals surface area contributed by atoms with Crippen LogP contribution in [0.3, 0.4) is 0 Å². The summed E-state index contributed by atoms with van der Waals surface area (Å²) < 4.78 is 57.0. The van der Waals surface area contributed by atoms with Crippen LogP contribution in [0.2, 0.25) is 5.02 Å². The second kappa shape index (κ2) is 8.61. The van der Waals surface area contributed by atoms with Gasteiger partial charge in [0.2, 0.25) is 0 Å². The van der Waals surface area contributed by atoms with Crippen molar-refractivity contribution in [1.29, 1.82) is 0 Å². The second-order valence-corrected chi connectivity index (χ2v) is 12.6. The lowest BCUT2D eigenvalue weighted by atomic mass is 10.1. The van der Waals surface area contributed by atoms with Crippen LogP contribution in [-0.2, 0) is 19.7 Å². The third-order valence-electron chi connectivity index (χ3n) is 6.02. The van der Waals surface area contributed by atoms with E-state index in [1.807, 2.05) is 29.2 Å². The number of sulfone groups is 2. The first kappa shape index (κ1) is 22.4. The maximum atomic E-state index is 13.3.